The summed E-state index contributed by atoms with van der Waals surface area (Å²) in [6.45, 7) is 8.65. The summed E-state index contributed by atoms with van der Waals surface area (Å²) in [7, 11) is -1.82. The summed E-state index contributed by atoms with van der Waals surface area (Å²) in [6.07, 6.45) is 0. The van der Waals surface area contributed by atoms with Gasteiger partial charge in [0.15, 0.2) is 0 Å². The number of anilines is 3. The van der Waals surface area contributed by atoms with Crippen LogP contribution < -0.4 is 10.2 Å². The summed E-state index contributed by atoms with van der Waals surface area (Å²) in [4.78, 5) is 7.41. The van der Waals surface area contributed by atoms with Crippen molar-refractivity contribution in [2.45, 2.75) is 34.5 Å². The number of benzene rings is 4. The number of hydrogen-bond donors (Lipinski definition) is 2. The van der Waals surface area contributed by atoms with Crippen LogP contribution in [-0.2, 0) is 10.1 Å². The van der Waals surface area contributed by atoms with Crippen molar-refractivity contribution in [3.63, 3.8) is 0 Å². The monoisotopic (exact) mass is 573 g/mol. The van der Waals surface area contributed by atoms with Crippen molar-refractivity contribution in [1.29, 1.82) is 0 Å². The van der Waals surface area contributed by atoms with Gasteiger partial charge in [-0.1, -0.05) is 66.7 Å². The molecule has 0 saturated carbocycles. The van der Waals surface area contributed by atoms with Crippen LogP contribution in [-0.4, -0.2) is 51.1 Å². The third-order valence-electron chi connectivity index (χ3n) is 7.46. The molecule has 0 bridgehead atoms. The Morgan fingerprint density at radius 1 is 0.800 bits per heavy atom. The maximum absolute atomic E-state index is 10.5. The fourth-order valence-electron chi connectivity index (χ4n) is 4.87. The maximum Gasteiger partial charge on any atom is 0.294 e. The van der Waals surface area contributed by atoms with Crippen molar-refractivity contribution < 1.29 is 13.0 Å². The Morgan fingerprint density at radius 3 is 2.10 bits per heavy atom. The fourth-order valence-corrected chi connectivity index (χ4v) is 6.32. The Labute approximate surface area is 241 Å². The number of aryl methyl sites for hydroxylation is 1. The van der Waals surface area contributed by atoms with Crippen LogP contribution in [0.4, 0.5) is 17.1 Å². The Bertz CT molecular complexity index is 1560. The molecule has 8 heteroatoms. The highest BCUT2D eigenvalue weighted by Gasteiger charge is 2.18. The van der Waals surface area contributed by atoms with Gasteiger partial charge < -0.3 is 15.1 Å². The van der Waals surface area contributed by atoms with Crippen LogP contribution in [0.2, 0.25) is 0 Å². The quantitative estimate of drug-likeness (QED) is 0.223. The summed E-state index contributed by atoms with van der Waals surface area (Å²) < 4.78 is 29.6. The molecule has 2 N–H and O–H groups in total. The number of nitrogens with one attached hydrogen (secondary N) is 1. The van der Waals surface area contributed by atoms with Gasteiger partial charge in [-0.25, -0.2) is 0 Å². The van der Waals surface area contributed by atoms with Crippen molar-refractivity contribution in [1.82, 2.24) is 4.90 Å². The van der Waals surface area contributed by atoms with E-state index in [1.807, 2.05) is 18.7 Å². The smallest absolute Gasteiger partial charge is 0.294 e. The van der Waals surface area contributed by atoms with E-state index in [9.17, 15) is 8.42 Å². The minimum atomic E-state index is -4.02. The first-order valence-corrected chi connectivity index (χ1v) is 15.7. The first-order chi connectivity index (χ1) is 19.2. The molecule has 1 unspecified atom stereocenters. The van der Waals surface area contributed by atoms with Gasteiger partial charge >= 0.3 is 0 Å². The number of para-hydroxylation sites is 1. The Morgan fingerprint density at radius 2 is 1.43 bits per heavy atom. The number of piperazine rings is 1. The van der Waals surface area contributed by atoms with Crippen LogP contribution in [0.1, 0.15) is 29.5 Å². The molecule has 6 nitrogen and oxygen atoms in total. The van der Waals surface area contributed by atoms with Crippen LogP contribution >= 0.6 is 11.8 Å². The minimum absolute atomic E-state index is 0.0666. The van der Waals surface area contributed by atoms with Crippen LogP contribution in [0.5, 0.6) is 0 Å². The van der Waals surface area contributed by atoms with Crippen molar-refractivity contribution in [2.75, 3.05) is 43.4 Å². The number of likely N-dealkylation sites (N-methyl/N-ethyl adjacent to an activating group) is 1. The van der Waals surface area contributed by atoms with E-state index in [2.05, 4.69) is 95.8 Å². The molecule has 4 aromatic rings. The zero-order valence-electron chi connectivity index (χ0n) is 23.0. The SMILES string of the molecule is CC(c1ccc(N2CCN(C)CC2)cc1)c1ccc2c(c1)Nc1ccccc1S2.Cc1ccc(S(=O)(=O)O)cc1. The third-order valence-corrected chi connectivity index (χ3v) is 9.48. The van der Waals surface area contributed by atoms with E-state index >= 15 is 0 Å². The highest BCUT2D eigenvalue weighted by Crippen LogP contribution is 2.45. The lowest BCUT2D eigenvalue weighted by Crippen LogP contribution is -2.44. The van der Waals surface area contributed by atoms with E-state index < -0.39 is 10.1 Å². The van der Waals surface area contributed by atoms with Gasteiger partial charge in [-0.05, 0) is 73.6 Å². The minimum Gasteiger partial charge on any atom is -0.369 e. The molecule has 2 heterocycles. The van der Waals surface area contributed by atoms with Gasteiger partial charge in [-0.2, -0.15) is 8.42 Å². The molecule has 1 fully saturated rings. The molecule has 0 aromatic heterocycles. The average Bonchev–Trinajstić information content (AvgIpc) is 2.96. The second kappa shape index (κ2) is 12.1. The normalized spacial score (nSPS) is 15.7. The Kier molecular flexibility index (Phi) is 8.51. The summed E-state index contributed by atoms with van der Waals surface area (Å²) in [5.74, 6) is 0.366. The molecule has 1 atom stereocenters. The lowest BCUT2D eigenvalue weighted by Gasteiger charge is -2.34. The third kappa shape index (κ3) is 6.70. The van der Waals surface area contributed by atoms with Crippen molar-refractivity contribution in [3.8, 4) is 0 Å². The molecule has 2 aliphatic rings. The summed E-state index contributed by atoms with van der Waals surface area (Å²) >= 11 is 1.85. The van der Waals surface area contributed by atoms with Crippen molar-refractivity contribution >= 4 is 38.9 Å². The van der Waals surface area contributed by atoms with E-state index in [0.29, 0.717) is 5.92 Å². The molecular weight excluding hydrogens is 539 g/mol. The second-order valence-corrected chi connectivity index (χ2v) is 12.9. The summed E-state index contributed by atoms with van der Waals surface area (Å²) in [6, 6.07) is 30.5. The molecule has 6 rings (SSSR count). The Balaban J connectivity index is 0.000000248. The molecule has 0 spiro atoms. The number of fused-ring (bicyclic) bond motifs is 2. The predicted octanol–water partition coefficient (Wildman–Crippen LogP) is 7.04. The summed E-state index contributed by atoms with van der Waals surface area (Å²) in [5, 5.41) is 3.61. The van der Waals surface area contributed by atoms with Crippen LogP contribution in [0, 0.1) is 6.92 Å². The van der Waals surface area contributed by atoms with Gasteiger partial charge in [0.2, 0.25) is 0 Å². The highest BCUT2D eigenvalue weighted by atomic mass is 32.2. The standard InChI is InChI=1S/C25H27N3S.C7H8O3S/c1-18(19-7-10-21(11-8-19)28-15-13-27(2)14-16-28)20-9-12-25-23(17-20)26-22-5-3-4-6-24(22)29-25;1-6-2-4-7(5-3-6)11(8,9)10/h3-12,17-18,26H,13-16H2,1-2H3;2-5H,1H3,(H,8,9,10). The second-order valence-electron chi connectivity index (χ2n) is 10.4. The van der Waals surface area contributed by atoms with Gasteiger partial charge in [-0.15, -0.1) is 0 Å². The van der Waals surface area contributed by atoms with E-state index in [1.54, 1.807) is 12.1 Å². The zero-order chi connectivity index (χ0) is 28.3. The highest BCUT2D eigenvalue weighted by molar-refractivity contribution is 7.99. The molecule has 0 radical (unpaired) electrons. The lowest BCUT2D eigenvalue weighted by atomic mass is 9.92. The molecule has 4 aromatic carbocycles. The molecular formula is C32H35N3O3S2. The van der Waals surface area contributed by atoms with E-state index in [1.165, 1.54) is 50.1 Å². The average molecular weight is 574 g/mol. The first-order valence-electron chi connectivity index (χ1n) is 13.4. The van der Waals surface area contributed by atoms with Crippen LogP contribution in [0.15, 0.2) is 106 Å². The van der Waals surface area contributed by atoms with Crippen LogP contribution in [0.3, 0.4) is 0 Å². The maximum atomic E-state index is 10.5. The van der Waals surface area contributed by atoms with Gasteiger partial charge in [0, 0.05) is 47.6 Å². The molecule has 0 amide bonds. The van der Waals surface area contributed by atoms with Gasteiger partial charge in [0.25, 0.3) is 10.1 Å². The van der Waals surface area contributed by atoms with Crippen molar-refractivity contribution in [3.05, 3.63) is 108 Å². The number of rotatable bonds is 4. The zero-order valence-corrected chi connectivity index (χ0v) is 24.7. The van der Waals surface area contributed by atoms with Gasteiger partial charge in [0.1, 0.15) is 0 Å². The molecule has 40 heavy (non-hydrogen) atoms. The summed E-state index contributed by atoms with van der Waals surface area (Å²) in [5.41, 5.74) is 7.43. The Hall–Kier alpha value is -3.30. The van der Waals surface area contributed by atoms with E-state index in [4.69, 9.17) is 4.55 Å². The molecule has 2 aliphatic heterocycles. The molecule has 1 saturated heterocycles. The fraction of sp³-hybridized carbons (Fsp3) is 0.250. The van der Waals surface area contributed by atoms with Gasteiger partial charge in [-0.3, -0.25) is 4.55 Å². The number of nitrogens with zero attached hydrogens (tertiary/aromatic N) is 2. The van der Waals surface area contributed by atoms with Crippen molar-refractivity contribution in [2.24, 2.45) is 0 Å². The van der Waals surface area contributed by atoms with E-state index in [-0.39, 0.29) is 4.90 Å². The van der Waals surface area contributed by atoms with Gasteiger partial charge in [0.05, 0.1) is 16.3 Å². The van der Waals surface area contributed by atoms with E-state index in [0.717, 1.165) is 31.7 Å². The van der Waals surface area contributed by atoms with Crippen LogP contribution in [0.25, 0.3) is 0 Å². The lowest BCUT2D eigenvalue weighted by molar-refractivity contribution is 0.313. The largest absolute Gasteiger partial charge is 0.369 e. The molecule has 208 valence electrons. The predicted molar refractivity (Wildman–Crippen MR) is 165 cm³/mol. The molecule has 0 aliphatic carbocycles. The first kappa shape index (κ1) is 28.2. The topological polar surface area (TPSA) is 72.9 Å². The number of hydrogen-bond acceptors (Lipinski definition) is 6.